The Morgan fingerprint density at radius 2 is 1.70 bits per heavy atom. The number of benzene rings is 1. The van der Waals surface area contributed by atoms with Crippen molar-refractivity contribution in [1.29, 1.82) is 0 Å². The maximum absolute atomic E-state index is 12.6. The van der Waals surface area contributed by atoms with Crippen LogP contribution in [0.3, 0.4) is 0 Å². The average molecular weight is 432 g/mol. The number of nitrogens with one attached hydrogen (secondary N) is 3. The molecule has 2 aliphatic rings. The standard InChI is InChI=1S/C20H25N5O4S/c1-21-8-9-29-20-22-11-15(12-23-20)30(27,28)25-19(26)24-18-16-6-2-4-13(16)10-14-5-3-7-17(14)18/h10-12,21H,2-9H2,1H3,(H2,24,25,26). The highest BCUT2D eigenvalue weighted by atomic mass is 32.2. The zero-order valence-corrected chi connectivity index (χ0v) is 17.6. The molecule has 1 heterocycles. The molecule has 0 saturated carbocycles. The van der Waals surface area contributed by atoms with E-state index in [0.29, 0.717) is 13.2 Å². The molecule has 0 fully saturated rings. The number of hydrogen-bond acceptors (Lipinski definition) is 7. The molecule has 2 aromatic rings. The Kier molecular flexibility index (Phi) is 5.87. The van der Waals surface area contributed by atoms with Crippen LogP contribution >= 0.6 is 0 Å². The maximum atomic E-state index is 12.6. The Hall–Kier alpha value is -2.72. The fourth-order valence-corrected chi connectivity index (χ4v) is 4.85. The molecular weight excluding hydrogens is 406 g/mol. The molecule has 1 aromatic carbocycles. The fraction of sp³-hybridized carbons (Fsp3) is 0.450. The second kappa shape index (κ2) is 8.57. The summed E-state index contributed by atoms with van der Waals surface area (Å²) in [5.41, 5.74) is 5.58. The normalized spacial score (nSPS) is 14.8. The minimum absolute atomic E-state index is 0.0732. The minimum Gasteiger partial charge on any atom is -0.462 e. The van der Waals surface area contributed by atoms with Crippen molar-refractivity contribution in [2.45, 2.75) is 43.4 Å². The molecular formula is C20H25N5O4S. The van der Waals surface area contributed by atoms with E-state index in [4.69, 9.17) is 4.74 Å². The van der Waals surface area contributed by atoms with Crippen LogP contribution in [0.15, 0.2) is 23.4 Å². The summed E-state index contributed by atoms with van der Waals surface area (Å²) >= 11 is 0. The second-order valence-electron chi connectivity index (χ2n) is 7.45. The lowest BCUT2D eigenvalue weighted by Gasteiger charge is -2.16. The van der Waals surface area contributed by atoms with Crippen molar-refractivity contribution in [3.8, 4) is 6.01 Å². The van der Waals surface area contributed by atoms with E-state index in [-0.39, 0.29) is 10.9 Å². The molecule has 10 heteroatoms. The smallest absolute Gasteiger partial charge is 0.333 e. The molecule has 1 aromatic heterocycles. The molecule has 0 bridgehead atoms. The molecule has 4 rings (SSSR count). The van der Waals surface area contributed by atoms with E-state index in [9.17, 15) is 13.2 Å². The number of anilines is 1. The summed E-state index contributed by atoms with van der Waals surface area (Å²) in [4.78, 5) is 20.1. The Morgan fingerprint density at radius 3 is 2.30 bits per heavy atom. The van der Waals surface area contributed by atoms with E-state index in [0.717, 1.165) is 67.7 Å². The third-order valence-corrected chi connectivity index (χ3v) is 6.72. The Balaban J connectivity index is 1.47. The summed E-state index contributed by atoms with van der Waals surface area (Å²) in [6, 6.07) is 1.55. The Bertz CT molecular complexity index is 1020. The van der Waals surface area contributed by atoms with Gasteiger partial charge in [-0.25, -0.2) is 27.9 Å². The summed E-state index contributed by atoms with van der Waals surface area (Å²) in [6.07, 6.45) is 8.13. The van der Waals surface area contributed by atoms with Crippen molar-refractivity contribution in [3.05, 3.63) is 40.7 Å². The summed E-state index contributed by atoms with van der Waals surface area (Å²) in [7, 11) is -2.32. The maximum Gasteiger partial charge on any atom is 0.333 e. The van der Waals surface area contributed by atoms with E-state index in [2.05, 4.69) is 31.4 Å². The molecule has 2 amide bonds. The molecule has 2 aliphatic carbocycles. The summed E-state index contributed by atoms with van der Waals surface area (Å²) in [5.74, 6) is 0. The second-order valence-corrected chi connectivity index (χ2v) is 9.13. The first kappa shape index (κ1) is 20.5. The Labute approximate surface area is 175 Å². The van der Waals surface area contributed by atoms with Crippen molar-refractivity contribution >= 4 is 21.7 Å². The van der Waals surface area contributed by atoms with Gasteiger partial charge in [0.15, 0.2) is 0 Å². The van der Waals surface area contributed by atoms with Crippen molar-refractivity contribution in [2.75, 3.05) is 25.5 Å². The lowest BCUT2D eigenvalue weighted by molar-refractivity contribution is 0.256. The number of carbonyl (C=O) groups is 1. The number of aryl methyl sites for hydroxylation is 2. The van der Waals surface area contributed by atoms with Gasteiger partial charge < -0.3 is 15.4 Å². The highest BCUT2D eigenvalue weighted by molar-refractivity contribution is 7.90. The number of carbonyl (C=O) groups excluding carboxylic acids is 1. The topological polar surface area (TPSA) is 122 Å². The SMILES string of the molecule is CNCCOc1ncc(S(=O)(=O)NC(=O)Nc2c3c(cc4c2CCC4)CCC3)cn1. The van der Waals surface area contributed by atoms with Crippen LogP contribution in [0.2, 0.25) is 0 Å². The van der Waals surface area contributed by atoms with E-state index in [1.165, 1.54) is 11.1 Å². The van der Waals surface area contributed by atoms with Crippen molar-refractivity contribution in [3.63, 3.8) is 0 Å². The molecule has 0 saturated heterocycles. The molecule has 9 nitrogen and oxygen atoms in total. The lowest BCUT2D eigenvalue weighted by Crippen LogP contribution is -2.35. The van der Waals surface area contributed by atoms with Crippen LogP contribution in [-0.4, -0.2) is 44.6 Å². The van der Waals surface area contributed by atoms with Gasteiger partial charge in [0.1, 0.15) is 11.5 Å². The number of urea groups is 1. The number of likely N-dealkylation sites (N-methyl/N-ethyl adjacent to an activating group) is 1. The molecule has 0 radical (unpaired) electrons. The molecule has 0 atom stereocenters. The molecule has 0 unspecified atom stereocenters. The lowest BCUT2D eigenvalue weighted by atomic mass is 9.99. The van der Waals surface area contributed by atoms with Crippen LogP contribution in [0.5, 0.6) is 6.01 Å². The van der Waals surface area contributed by atoms with Crippen LogP contribution in [0.1, 0.15) is 35.1 Å². The van der Waals surface area contributed by atoms with E-state index in [1.807, 2.05) is 0 Å². The molecule has 160 valence electrons. The predicted molar refractivity (Wildman–Crippen MR) is 111 cm³/mol. The molecule has 0 aliphatic heterocycles. The largest absolute Gasteiger partial charge is 0.462 e. The highest BCUT2D eigenvalue weighted by Gasteiger charge is 2.26. The van der Waals surface area contributed by atoms with Gasteiger partial charge in [0.25, 0.3) is 10.0 Å². The first-order valence-corrected chi connectivity index (χ1v) is 11.6. The Morgan fingerprint density at radius 1 is 1.07 bits per heavy atom. The number of fused-ring (bicyclic) bond motifs is 2. The monoisotopic (exact) mass is 431 g/mol. The summed E-state index contributed by atoms with van der Waals surface area (Å²) < 4.78 is 32.5. The molecule has 3 N–H and O–H groups in total. The van der Waals surface area contributed by atoms with Crippen LogP contribution in [0, 0.1) is 0 Å². The third-order valence-electron chi connectivity index (χ3n) is 5.44. The van der Waals surface area contributed by atoms with Gasteiger partial charge >= 0.3 is 12.0 Å². The number of amides is 2. The number of rotatable bonds is 7. The fourth-order valence-electron chi connectivity index (χ4n) is 4.05. The van der Waals surface area contributed by atoms with E-state index in [1.54, 1.807) is 7.05 Å². The van der Waals surface area contributed by atoms with Crippen molar-refractivity contribution in [1.82, 2.24) is 20.0 Å². The summed E-state index contributed by atoms with van der Waals surface area (Å²) in [6.45, 7) is 0.965. The van der Waals surface area contributed by atoms with Gasteiger partial charge in [-0.15, -0.1) is 0 Å². The van der Waals surface area contributed by atoms with Crippen molar-refractivity contribution in [2.24, 2.45) is 0 Å². The van der Waals surface area contributed by atoms with Gasteiger partial charge in [-0.3, -0.25) is 0 Å². The highest BCUT2D eigenvalue weighted by Crippen LogP contribution is 2.38. The van der Waals surface area contributed by atoms with Gasteiger partial charge in [-0.1, -0.05) is 6.07 Å². The number of ether oxygens (including phenoxy) is 1. The molecule has 0 spiro atoms. The molecule has 30 heavy (non-hydrogen) atoms. The first-order valence-electron chi connectivity index (χ1n) is 10.1. The zero-order chi connectivity index (χ0) is 21.1. The van der Waals surface area contributed by atoms with Crippen LogP contribution in [0.4, 0.5) is 10.5 Å². The number of nitrogens with zero attached hydrogens (tertiary/aromatic N) is 2. The van der Waals surface area contributed by atoms with Crippen LogP contribution in [0.25, 0.3) is 0 Å². The number of hydrogen-bond donors (Lipinski definition) is 3. The first-order chi connectivity index (χ1) is 14.5. The number of sulfonamides is 1. The van der Waals surface area contributed by atoms with Gasteiger partial charge in [0.05, 0.1) is 12.4 Å². The van der Waals surface area contributed by atoms with Crippen LogP contribution < -0.4 is 20.1 Å². The predicted octanol–water partition coefficient (Wildman–Crippen LogP) is 1.56. The number of aromatic nitrogens is 2. The third kappa shape index (κ3) is 4.24. The van der Waals surface area contributed by atoms with E-state index >= 15 is 0 Å². The quantitative estimate of drug-likeness (QED) is 0.569. The average Bonchev–Trinajstić information content (AvgIpc) is 3.37. The van der Waals surface area contributed by atoms with Gasteiger partial charge in [-0.05, 0) is 67.8 Å². The van der Waals surface area contributed by atoms with Gasteiger partial charge in [0, 0.05) is 12.2 Å². The zero-order valence-electron chi connectivity index (χ0n) is 16.8. The van der Waals surface area contributed by atoms with Gasteiger partial charge in [0.2, 0.25) is 0 Å². The minimum atomic E-state index is -4.10. The van der Waals surface area contributed by atoms with Crippen molar-refractivity contribution < 1.29 is 17.9 Å². The van der Waals surface area contributed by atoms with E-state index < -0.39 is 16.1 Å². The van der Waals surface area contributed by atoms with Crippen LogP contribution in [-0.2, 0) is 35.7 Å². The van der Waals surface area contributed by atoms with Gasteiger partial charge in [-0.2, -0.15) is 0 Å². The summed E-state index contributed by atoms with van der Waals surface area (Å²) in [5, 5.41) is 5.73.